The summed E-state index contributed by atoms with van der Waals surface area (Å²) in [6.45, 7) is 6.66. The van der Waals surface area contributed by atoms with Crippen molar-refractivity contribution in [3.8, 4) is 0 Å². The number of nitrogens with one attached hydrogen (secondary N) is 2. The molecule has 1 aliphatic carbocycles. The minimum atomic E-state index is -0.710. The molecule has 1 saturated carbocycles. The van der Waals surface area contributed by atoms with Crippen LogP contribution in [0.5, 0.6) is 0 Å². The van der Waals surface area contributed by atoms with Gasteiger partial charge < -0.3 is 10.2 Å². The van der Waals surface area contributed by atoms with Gasteiger partial charge in [-0.2, -0.15) is 5.21 Å². The highest BCUT2D eigenvalue weighted by Gasteiger charge is 2.51. The second-order valence-corrected chi connectivity index (χ2v) is 11.4. The van der Waals surface area contributed by atoms with Gasteiger partial charge >= 0.3 is 0 Å². The number of aromatic amines is 1. The normalized spacial score (nSPS) is 21.6. The molecule has 5 rings (SSSR count). The van der Waals surface area contributed by atoms with Crippen molar-refractivity contribution in [3.05, 3.63) is 75.8 Å². The first-order valence-corrected chi connectivity index (χ1v) is 14.1. The van der Waals surface area contributed by atoms with Crippen LogP contribution in [0.25, 0.3) is 0 Å². The van der Waals surface area contributed by atoms with Gasteiger partial charge in [0, 0.05) is 16.1 Å². The summed E-state index contributed by atoms with van der Waals surface area (Å²) < 4.78 is 14.3. The molecule has 2 amide bonds. The Morgan fingerprint density at radius 1 is 1.20 bits per heavy atom. The van der Waals surface area contributed by atoms with Gasteiger partial charge in [0.25, 0.3) is 11.8 Å². The van der Waals surface area contributed by atoms with E-state index in [0.29, 0.717) is 35.2 Å². The fourth-order valence-corrected chi connectivity index (χ4v) is 6.21. The predicted molar refractivity (Wildman–Crippen MR) is 149 cm³/mol. The van der Waals surface area contributed by atoms with Crippen molar-refractivity contribution in [2.24, 2.45) is 16.8 Å². The second kappa shape index (κ2) is 11.4. The summed E-state index contributed by atoms with van der Waals surface area (Å²) in [7, 11) is 0. The molecule has 3 aromatic rings. The highest BCUT2D eigenvalue weighted by atomic mass is 35.5. The molecule has 40 heavy (non-hydrogen) atoms. The van der Waals surface area contributed by atoms with E-state index in [1.54, 1.807) is 18.2 Å². The van der Waals surface area contributed by atoms with Gasteiger partial charge in [-0.05, 0) is 79.8 Å². The molecule has 0 unspecified atom stereocenters. The SMILES string of the molecule is CC[C@H](c1ccc(C(=O)NCc2nn[nH]n2)cc1)N1C(=O)C(c2cc(F)cc(Cl)c2)=NC12CCC(C(C)C)CC2. The molecular weight excluding hydrogens is 533 g/mol. The van der Waals surface area contributed by atoms with Crippen molar-refractivity contribution in [2.45, 2.75) is 71.1 Å². The maximum absolute atomic E-state index is 14.3. The lowest BCUT2D eigenvalue weighted by Gasteiger charge is -2.46. The molecule has 11 heteroatoms. The summed E-state index contributed by atoms with van der Waals surface area (Å²) >= 11 is 6.16. The zero-order valence-electron chi connectivity index (χ0n) is 22.8. The molecule has 0 bridgehead atoms. The van der Waals surface area contributed by atoms with Crippen LogP contribution in [0.3, 0.4) is 0 Å². The number of nitrogens with zero attached hydrogens (tertiary/aromatic N) is 5. The first kappa shape index (κ1) is 27.9. The van der Waals surface area contributed by atoms with E-state index < -0.39 is 11.5 Å². The maximum atomic E-state index is 14.3. The molecule has 1 fully saturated rings. The lowest BCUT2D eigenvalue weighted by molar-refractivity contribution is -0.133. The molecule has 2 aliphatic rings. The van der Waals surface area contributed by atoms with Gasteiger partial charge in [0.05, 0.1) is 12.6 Å². The smallest absolute Gasteiger partial charge is 0.275 e. The van der Waals surface area contributed by atoms with Crippen molar-refractivity contribution < 1.29 is 14.0 Å². The van der Waals surface area contributed by atoms with Gasteiger partial charge in [-0.15, -0.1) is 10.2 Å². The number of tetrazole rings is 1. The van der Waals surface area contributed by atoms with E-state index in [0.717, 1.165) is 31.2 Å². The summed E-state index contributed by atoms with van der Waals surface area (Å²) in [6, 6.07) is 11.1. The fraction of sp³-hybridized carbons (Fsp3) is 0.448. The van der Waals surface area contributed by atoms with Crippen LogP contribution in [0, 0.1) is 17.7 Å². The number of aromatic nitrogens is 4. The fourth-order valence-electron chi connectivity index (χ4n) is 5.99. The second-order valence-electron chi connectivity index (χ2n) is 10.9. The van der Waals surface area contributed by atoms with Crippen LogP contribution in [0.15, 0.2) is 47.5 Å². The van der Waals surface area contributed by atoms with Gasteiger partial charge in [-0.3, -0.25) is 14.6 Å². The van der Waals surface area contributed by atoms with Crippen LogP contribution in [-0.2, 0) is 11.3 Å². The van der Waals surface area contributed by atoms with E-state index in [9.17, 15) is 14.0 Å². The summed E-state index contributed by atoms with van der Waals surface area (Å²) in [5.41, 5.74) is 1.32. The molecule has 1 aromatic heterocycles. The van der Waals surface area contributed by atoms with Crippen LogP contribution in [0.1, 0.15) is 86.2 Å². The number of amides is 2. The first-order valence-electron chi connectivity index (χ1n) is 13.7. The Labute approximate surface area is 237 Å². The number of benzene rings is 2. The largest absolute Gasteiger partial charge is 0.345 e. The van der Waals surface area contributed by atoms with Gasteiger partial charge in [0.15, 0.2) is 5.82 Å². The van der Waals surface area contributed by atoms with Crippen LogP contribution < -0.4 is 5.32 Å². The van der Waals surface area contributed by atoms with Crippen molar-refractivity contribution >= 4 is 29.1 Å². The Morgan fingerprint density at radius 2 is 1.93 bits per heavy atom. The van der Waals surface area contributed by atoms with E-state index in [1.165, 1.54) is 12.1 Å². The maximum Gasteiger partial charge on any atom is 0.275 e. The topological polar surface area (TPSA) is 116 Å². The van der Waals surface area contributed by atoms with Crippen molar-refractivity contribution in [1.82, 2.24) is 30.8 Å². The first-order chi connectivity index (χ1) is 19.2. The Hall–Kier alpha value is -3.66. The minimum absolute atomic E-state index is 0.154. The van der Waals surface area contributed by atoms with Crippen molar-refractivity contribution in [3.63, 3.8) is 0 Å². The van der Waals surface area contributed by atoms with E-state index in [4.69, 9.17) is 16.6 Å². The highest BCUT2D eigenvalue weighted by Crippen LogP contribution is 2.47. The zero-order chi connectivity index (χ0) is 28.4. The molecule has 2 aromatic carbocycles. The van der Waals surface area contributed by atoms with Crippen LogP contribution in [0.4, 0.5) is 4.39 Å². The molecule has 0 radical (unpaired) electrons. The number of rotatable bonds is 8. The molecule has 2 heterocycles. The summed E-state index contributed by atoms with van der Waals surface area (Å²) in [5, 5.41) is 16.5. The minimum Gasteiger partial charge on any atom is -0.345 e. The third-order valence-corrected chi connectivity index (χ3v) is 8.37. The lowest BCUT2D eigenvalue weighted by atomic mass is 9.76. The Kier molecular flexibility index (Phi) is 7.98. The number of H-pyrrole nitrogens is 1. The quantitative estimate of drug-likeness (QED) is 0.387. The molecule has 1 atom stereocenters. The van der Waals surface area contributed by atoms with Crippen molar-refractivity contribution in [1.29, 1.82) is 0 Å². The molecule has 2 N–H and O–H groups in total. The summed E-state index contributed by atoms with van der Waals surface area (Å²) in [6.07, 6.45) is 4.04. The molecular formula is C29H33ClFN7O2. The number of carbonyl (C=O) groups excluding carboxylic acids is 2. The number of hydrogen-bond donors (Lipinski definition) is 2. The average Bonchev–Trinajstić information content (AvgIpc) is 3.55. The molecule has 9 nitrogen and oxygen atoms in total. The van der Waals surface area contributed by atoms with Crippen LogP contribution in [0.2, 0.25) is 5.02 Å². The average molecular weight is 566 g/mol. The van der Waals surface area contributed by atoms with Gasteiger partial charge in [0.2, 0.25) is 0 Å². The molecule has 1 aliphatic heterocycles. The molecule has 0 saturated heterocycles. The number of halogens is 2. The number of carbonyl (C=O) groups is 2. The zero-order valence-corrected chi connectivity index (χ0v) is 23.6. The number of hydrogen-bond acceptors (Lipinski definition) is 6. The van der Waals surface area contributed by atoms with Gasteiger partial charge in [-0.25, -0.2) is 4.39 Å². The van der Waals surface area contributed by atoms with E-state index in [2.05, 4.69) is 39.8 Å². The summed E-state index contributed by atoms with van der Waals surface area (Å²) in [5.74, 6) is 0.507. The van der Waals surface area contributed by atoms with E-state index >= 15 is 0 Å². The Bertz CT molecular complexity index is 1380. The Morgan fingerprint density at radius 3 is 2.52 bits per heavy atom. The van der Waals surface area contributed by atoms with Gasteiger partial charge in [-0.1, -0.05) is 49.7 Å². The van der Waals surface area contributed by atoms with E-state index in [-0.39, 0.29) is 35.1 Å². The highest BCUT2D eigenvalue weighted by molar-refractivity contribution is 6.47. The van der Waals surface area contributed by atoms with Crippen molar-refractivity contribution in [2.75, 3.05) is 0 Å². The predicted octanol–water partition coefficient (Wildman–Crippen LogP) is 5.25. The third-order valence-electron chi connectivity index (χ3n) is 8.15. The van der Waals surface area contributed by atoms with E-state index in [1.807, 2.05) is 24.0 Å². The van der Waals surface area contributed by atoms with Crippen LogP contribution >= 0.6 is 11.6 Å². The standard InChI is InChI=1S/C29H33ClFN7O2/c1-4-24(19-5-7-20(8-6-19)27(39)32-16-25-34-36-37-35-25)38-28(40)26(21-13-22(30)15-23(31)14-21)33-29(38)11-9-18(10-12-29)17(2)3/h5-8,13-15,17-18,24H,4,9-12,16H2,1-3H3,(H,32,39)(H,34,35,36,37)/t18?,24-,29?/m1/s1. The lowest BCUT2D eigenvalue weighted by Crippen LogP contribution is -2.51. The third kappa shape index (κ3) is 5.50. The van der Waals surface area contributed by atoms with Gasteiger partial charge in [0.1, 0.15) is 17.2 Å². The van der Waals surface area contributed by atoms with Crippen LogP contribution in [-0.4, -0.2) is 48.7 Å². The summed E-state index contributed by atoms with van der Waals surface area (Å²) in [4.78, 5) is 33.7. The molecule has 1 spiro atoms. The molecule has 210 valence electrons. The Balaban J connectivity index is 1.44. The monoisotopic (exact) mass is 565 g/mol. The number of aliphatic imine (C=N–C) groups is 1.